The number of ether oxygens (including phenoxy) is 1. The average molecular weight is 422 g/mol. The van der Waals surface area contributed by atoms with Crippen molar-refractivity contribution >= 4 is 37.3 Å². The van der Waals surface area contributed by atoms with Crippen LogP contribution in [0.3, 0.4) is 0 Å². The number of rotatable bonds is 4. The van der Waals surface area contributed by atoms with Crippen LogP contribution >= 0.6 is 15.9 Å². The van der Waals surface area contributed by atoms with Crippen molar-refractivity contribution in [3.05, 3.63) is 52.5 Å². The SMILES string of the molecule is N#Cc1cccc(S(=O)(=O)Nc2cc(Br)ccc2N2CCOCC2)c1. The van der Waals surface area contributed by atoms with Crippen LogP contribution in [0.25, 0.3) is 0 Å². The Morgan fingerprint density at radius 2 is 1.92 bits per heavy atom. The zero-order valence-electron chi connectivity index (χ0n) is 13.3. The van der Waals surface area contributed by atoms with E-state index in [9.17, 15) is 8.42 Å². The Hall–Kier alpha value is -2.08. The first-order chi connectivity index (χ1) is 12.0. The highest BCUT2D eigenvalue weighted by Crippen LogP contribution is 2.31. The lowest BCUT2D eigenvalue weighted by Crippen LogP contribution is -2.36. The normalized spacial score (nSPS) is 14.8. The van der Waals surface area contributed by atoms with Gasteiger partial charge in [0.25, 0.3) is 10.0 Å². The third-order valence-corrected chi connectivity index (χ3v) is 5.68. The zero-order valence-corrected chi connectivity index (χ0v) is 15.7. The lowest BCUT2D eigenvalue weighted by atomic mass is 10.2. The van der Waals surface area contributed by atoms with Crippen LogP contribution in [-0.4, -0.2) is 34.7 Å². The largest absolute Gasteiger partial charge is 0.378 e. The van der Waals surface area contributed by atoms with Crippen LogP contribution in [0.4, 0.5) is 11.4 Å². The minimum Gasteiger partial charge on any atom is -0.378 e. The molecule has 1 aliphatic heterocycles. The van der Waals surface area contributed by atoms with Crippen LogP contribution in [0.2, 0.25) is 0 Å². The Morgan fingerprint density at radius 3 is 2.64 bits per heavy atom. The third kappa shape index (κ3) is 4.12. The first-order valence-electron chi connectivity index (χ1n) is 7.65. The maximum atomic E-state index is 12.7. The van der Waals surface area contributed by atoms with Crippen LogP contribution in [0.5, 0.6) is 0 Å². The van der Waals surface area contributed by atoms with Crippen LogP contribution in [-0.2, 0) is 14.8 Å². The van der Waals surface area contributed by atoms with Crippen molar-refractivity contribution in [3.8, 4) is 6.07 Å². The number of nitrogens with zero attached hydrogens (tertiary/aromatic N) is 2. The van der Waals surface area contributed by atoms with E-state index in [0.29, 0.717) is 37.6 Å². The summed E-state index contributed by atoms with van der Waals surface area (Å²) in [5.74, 6) is 0. The molecule has 0 atom stereocenters. The van der Waals surface area contributed by atoms with Gasteiger partial charge in [-0.1, -0.05) is 22.0 Å². The van der Waals surface area contributed by atoms with Gasteiger partial charge in [0.1, 0.15) is 0 Å². The summed E-state index contributed by atoms with van der Waals surface area (Å²) in [6.07, 6.45) is 0. The molecule has 25 heavy (non-hydrogen) atoms. The van der Waals surface area contributed by atoms with Crippen molar-refractivity contribution < 1.29 is 13.2 Å². The molecule has 8 heteroatoms. The standard InChI is InChI=1S/C17H16BrN3O3S/c18-14-4-5-17(21-6-8-24-9-7-21)16(11-14)20-25(22,23)15-3-1-2-13(10-15)12-19/h1-5,10-11,20H,6-9H2. The fraction of sp³-hybridized carbons (Fsp3) is 0.235. The van der Waals surface area contributed by atoms with Gasteiger partial charge in [-0.05, 0) is 36.4 Å². The van der Waals surface area contributed by atoms with Crippen LogP contribution in [0.15, 0.2) is 51.8 Å². The molecule has 1 N–H and O–H groups in total. The molecule has 0 amide bonds. The zero-order chi connectivity index (χ0) is 17.9. The molecule has 0 unspecified atom stereocenters. The van der Waals surface area contributed by atoms with Crippen molar-refractivity contribution in [3.63, 3.8) is 0 Å². The molecular weight excluding hydrogens is 406 g/mol. The van der Waals surface area contributed by atoms with Gasteiger partial charge in [-0.3, -0.25) is 4.72 Å². The van der Waals surface area contributed by atoms with Gasteiger partial charge in [-0.25, -0.2) is 8.42 Å². The van der Waals surface area contributed by atoms with Gasteiger partial charge >= 0.3 is 0 Å². The van der Waals surface area contributed by atoms with Crippen molar-refractivity contribution in [1.29, 1.82) is 5.26 Å². The number of halogens is 1. The molecule has 6 nitrogen and oxygen atoms in total. The number of anilines is 2. The number of hydrogen-bond donors (Lipinski definition) is 1. The van der Waals surface area contributed by atoms with Crippen molar-refractivity contribution in [1.82, 2.24) is 0 Å². The molecule has 1 saturated heterocycles. The van der Waals surface area contributed by atoms with E-state index in [1.54, 1.807) is 18.2 Å². The van der Waals surface area contributed by atoms with Gasteiger partial charge in [0, 0.05) is 17.6 Å². The first kappa shape index (κ1) is 17.7. The van der Waals surface area contributed by atoms with Crippen molar-refractivity contribution in [2.45, 2.75) is 4.90 Å². The molecule has 2 aromatic rings. The molecule has 1 fully saturated rings. The number of nitrogens with one attached hydrogen (secondary N) is 1. The van der Waals surface area contributed by atoms with Crippen LogP contribution in [0, 0.1) is 11.3 Å². The van der Waals surface area contributed by atoms with Gasteiger partial charge in [0.15, 0.2) is 0 Å². The van der Waals surface area contributed by atoms with E-state index in [4.69, 9.17) is 10.00 Å². The van der Waals surface area contributed by atoms with Crippen LogP contribution in [0.1, 0.15) is 5.56 Å². The second-order valence-corrected chi connectivity index (χ2v) is 8.10. The molecule has 0 aliphatic carbocycles. The van der Waals surface area contributed by atoms with E-state index in [2.05, 4.69) is 25.6 Å². The molecule has 0 radical (unpaired) electrons. The van der Waals surface area contributed by atoms with Gasteiger partial charge in [-0.2, -0.15) is 5.26 Å². The number of nitriles is 1. The van der Waals surface area contributed by atoms with Gasteiger partial charge in [-0.15, -0.1) is 0 Å². The highest BCUT2D eigenvalue weighted by Gasteiger charge is 2.20. The summed E-state index contributed by atoms with van der Waals surface area (Å²) in [6.45, 7) is 2.60. The van der Waals surface area contributed by atoms with Gasteiger partial charge in [0.2, 0.25) is 0 Å². The van der Waals surface area contributed by atoms with E-state index in [1.807, 2.05) is 18.2 Å². The fourth-order valence-electron chi connectivity index (χ4n) is 2.61. The van der Waals surface area contributed by atoms with E-state index in [1.165, 1.54) is 12.1 Å². The Labute approximate surface area is 155 Å². The first-order valence-corrected chi connectivity index (χ1v) is 9.92. The molecule has 0 spiro atoms. The molecule has 0 saturated carbocycles. The number of morpholine rings is 1. The third-order valence-electron chi connectivity index (χ3n) is 3.83. The lowest BCUT2D eigenvalue weighted by molar-refractivity contribution is 0.123. The Balaban J connectivity index is 1.96. The molecule has 130 valence electrons. The summed E-state index contributed by atoms with van der Waals surface area (Å²) < 4.78 is 34.2. The number of hydrogen-bond acceptors (Lipinski definition) is 5. The maximum Gasteiger partial charge on any atom is 0.262 e. The Morgan fingerprint density at radius 1 is 1.16 bits per heavy atom. The van der Waals surface area contributed by atoms with E-state index in [0.717, 1.165) is 10.2 Å². The second kappa shape index (κ2) is 7.44. The second-order valence-electron chi connectivity index (χ2n) is 5.51. The highest BCUT2D eigenvalue weighted by molar-refractivity contribution is 9.10. The predicted octanol–water partition coefficient (Wildman–Crippen LogP) is 2.96. The van der Waals surface area contributed by atoms with E-state index < -0.39 is 10.0 Å². The Bertz CT molecular complexity index is 919. The summed E-state index contributed by atoms with van der Waals surface area (Å²) in [5.41, 5.74) is 1.58. The average Bonchev–Trinajstić information content (AvgIpc) is 2.62. The Kier molecular flexibility index (Phi) is 5.27. The minimum absolute atomic E-state index is 0.0550. The molecular formula is C17H16BrN3O3S. The van der Waals surface area contributed by atoms with E-state index in [-0.39, 0.29) is 4.90 Å². The predicted molar refractivity (Wildman–Crippen MR) is 99.1 cm³/mol. The van der Waals surface area contributed by atoms with Crippen LogP contribution < -0.4 is 9.62 Å². The molecule has 0 bridgehead atoms. The summed E-state index contributed by atoms with van der Waals surface area (Å²) in [7, 11) is -3.80. The molecule has 2 aromatic carbocycles. The highest BCUT2D eigenvalue weighted by atomic mass is 79.9. The summed E-state index contributed by atoms with van der Waals surface area (Å²) in [6, 6.07) is 13.4. The molecule has 1 aliphatic rings. The summed E-state index contributed by atoms with van der Waals surface area (Å²) in [4.78, 5) is 2.14. The van der Waals surface area contributed by atoms with Gasteiger partial charge in [0.05, 0.1) is 41.1 Å². The van der Waals surface area contributed by atoms with Crippen molar-refractivity contribution in [2.75, 3.05) is 35.9 Å². The lowest BCUT2D eigenvalue weighted by Gasteiger charge is -2.30. The number of sulfonamides is 1. The topological polar surface area (TPSA) is 82.4 Å². The molecule has 0 aromatic heterocycles. The summed E-state index contributed by atoms with van der Waals surface area (Å²) >= 11 is 3.39. The fourth-order valence-corrected chi connectivity index (χ4v) is 4.08. The smallest absolute Gasteiger partial charge is 0.262 e. The minimum atomic E-state index is -3.80. The van der Waals surface area contributed by atoms with Gasteiger partial charge < -0.3 is 9.64 Å². The van der Waals surface area contributed by atoms with E-state index >= 15 is 0 Å². The monoisotopic (exact) mass is 421 g/mol. The summed E-state index contributed by atoms with van der Waals surface area (Å²) in [5, 5.41) is 8.98. The molecule has 1 heterocycles. The molecule has 3 rings (SSSR count). The maximum absolute atomic E-state index is 12.7. The van der Waals surface area contributed by atoms with Crippen molar-refractivity contribution in [2.24, 2.45) is 0 Å². The quantitative estimate of drug-likeness (QED) is 0.820. The number of benzene rings is 2.